The normalized spacial score (nSPS) is 22.0. The van der Waals surface area contributed by atoms with Gasteiger partial charge in [0.1, 0.15) is 0 Å². The van der Waals surface area contributed by atoms with Crippen molar-refractivity contribution in [3.8, 4) is 0 Å². The van der Waals surface area contributed by atoms with Crippen molar-refractivity contribution in [2.24, 2.45) is 0 Å². The van der Waals surface area contributed by atoms with Crippen LogP contribution >= 0.6 is 0 Å². The summed E-state index contributed by atoms with van der Waals surface area (Å²) in [5.41, 5.74) is 1.66. The fourth-order valence-corrected chi connectivity index (χ4v) is 2.73. The van der Waals surface area contributed by atoms with Gasteiger partial charge in [0.05, 0.1) is 11.6 Å². The number of nitrogens with one attached hydrogen (secondary N) is 2. The third kappa shape index (κ3) is 3.49. The van der Waals surface area contributed by atoms with Gasteiger partial charge in [0.15, 0.2) is 0 Å². The number of hydrogen-bond acceptors (Lipinski definition) is 3. The molecule has 0 bridgehead atoms. The van der Waals surface area contributed by atoms with Crippen LogP contribution in [0.15, 0.2) is 36.5 Å². The van der Waals surface area contributed by atoms with Gasteiger partial charge in [-0.1, -0.05) is 6.07 Å². The van der Waals surface area contributed by atoms with E-state index in [1.54, 1.807) is 6.20 Å². The van der Waals surface area contributed by atoms with Crippen LogP contribution in [0.5, 0.6) is 0 Å². The lowest BCUT2D eigenvalue weighted by molar-refractivity contribution is 0.118. The molecule has 0 saturated heterocycles. The van der Waals surface area contributed by atoms with Crippen LogP contribution in [-0.2, 0) is 0 Å². The second-order valence-electron chi connectivity index (χ2n) is 5.51. The number of fused-ring (bicyclic) bond motifs is 1. The van der Waals surface area contributed by atoms with Crippen molar-refractivity contribution in [2.45, 2.75) is 37.8 Å². The quantitative estimate of drug-likeness (QED) is 0.794. The summed E-state index contributed by atoms with van der Waals surface area (Å²) < 4.78 is 0. The Kier molecular flexibility index (Phi) is 4.01. The van der Waals surface area contributed by atoms with Crippen LogP contribution in [0.25, 0.3) is 10.9 Å². The van der Waals surface area contributed by atoms with Gasteiger partial charge in [0.25, 0.3) is 0 Å². The Morgan fingerprint density at radius 2 is 2.00 bits per heavy atom. The van der Waals surface area contributed by atoms with Crippen LogP contribution in [-0.4, -0.2) is 28.3 Å². The van der Waals surface area contributed by atoms with E-state index in [1.165, 1.54) is 0 Å². The molecule has 3 N–H and O–H groups in total. The van der Waals surface area contributed by atoms with Crippen LogP contribution in [0.3, 0.4) is 0 Å². The molecular weight excluding hydrogens is 266 g/mol. The van der Waals surface area contributed by atoms with E-state index in [0.717, 1.165) is 42.3 Å². The monoisotopic (exact) mass is 285 g/mol. The maximum atomic E-state index is 12.0. The Morgan fingerprint density at radius 1 is 1.19 bits per heavy atom. The van der Waals surface area contributed by atoms with Gasteiger partial charge in [-0.25, -0.2) is 4.79 Å². The molecule has 21 heavy (non-hydrogen) atoms. The van der Waals surface area contributed by atoms with Gasteiger partial charge in [-0.05, 0) is 49.9 Å². The summed E-state index contributed by atoms with van der Waals surface area (Å²) >= 11 is 0. The number of hydrogen-bond donors (Lipinski definition) is 3. The molecule has 2 aromatic rings. The number of carbonyl (C=O) groups excluding carboxylic acids is 1. The van der Waals surface area contributed by atoms with Gasteiger partial charge < -0.3 is 15.7 Å². The Hall–Kier alpha value is -2.14. The second-order valence-corrected chi connectivity index (χ2v) is 5.51. The number of pyridine rings is 1. The van der Waals surface area contributed by atoms with E-state index < -0.39 is 0 Å². The number of aliphatic hydroxyl groups is 1. The topological polar surface area (TPSA) is 74.2 Å². The molecule has 3 rings (SSSR count). The van der Waals surface area contributed by atoms with E-state index >= 15 is 0 Å². The van der Waals surface area contributed by atoms with Crippen LogP contribution in [0, 0.1) is 0 Å². The van der Waals surface area contributed by atoms with Crippen LogP contribution in [0.2, 0.25) is 0 Å². The number of carbonyl (C=O) groups is 1. The summed E-state index contributed by atoms with van der Waals surface area (Å²) in [6.45, 7) is 0. The predicted octanol–water partition coefficient (Wildman–Crippen LogP) is 2.66. The number of nitrogens with zero attached hydrogens (tertiary/aromatic N) is 1. The van der Waals surface area contributed by atoms with E-state index in [2.05, 4.69) is 15.6 Å². The molecule has 0 atom stereocenters. The fourth-order valence-electron chi connectivity index (χ4n) is 2.73. The molecular formula is C16H19N3O2. The summed E-state index contributed by atoms with van der Waals surface area (Å²) in [4.78, 5) is 16.2. The minimum Gasteiger partial charge on any atom is -0.393 e. The molecule has 5 nitrogen and oxygen atoms in total. The van der Waals surface area contributed by atoms with Gasteiger partial charge in [-0.3, -0.25) is 4.98 Å². The highest BCUT2D eigenvalue weighted by molar-refractivity contribution is 5.92. The highest BCUT2D eigenvalue weighted by atomic mass is 16.3. The summed E-state index contributed by atoms with van der Waals surface area (Å²) in [6, 6.07) is 9.44. The lowest BCUT2D eigenvalue weighted by atomic mass is 9.93. The Bertz CT molecular complexity index is 636. The SMILES string of the molecule is O=C(Nc1ccc2ncccc2c1)NC1CCC(O)CC1. The molecule has 0 spiro atoms. The largest absolute Gasteiger partial charge is 0.393 e. The Labute approximate surface area is 123 Å². The molecule has 5 heteroatoms. The molecule has 110 valence electrons. The highest BCUT2D eigenvalue weighted by Gasteiger charge is 2.20. The molecule has 0 unspecified atom stereocenters. The number of rotatable bonds is 2. The van der Waals surface area contributed by atoms with Crippen molar-refractivity contribution < 1.29 is 9.90 Å². The number of amides is 2. The zero-order chi connectivity index (χ0) is 14.7. The molecule has 1 fully saturated rings. The van der Waals surface area contributed by atoms with Crippen molar-refractivity contribution in [1.82, 2.24) is 10.3 Å². The fraction of sp³-hybridized carbons (Fsp3) is 0.375. The lowest BCUT2D eigenvalue weighted by Crippen LogP contribution is -2.40. The van der Waals surface area contributed by atoms with Crippen LogP contribution in [0.4, 0.5) is 10.5 Å². The van der Waals surface area contributed by atoms with Gasteiger partial charge in [-0.15, -0.1) is 0 Å². The third-order valence-electron chi connectivity index (χ3n) is 3.89. The average Bonchev–Trinajstić information content (AvgIpc) is 2.49. The van der Waals surface area contributed by atoms with E-state index in [1.807, 2.05) is 30.3 Å². The first kappa shape index (κ1) is 13.8. The van der Waals surface area contributed by atoms with Crippen molar-refractivity contribution in [1.29, 1.82) is 0 Å². The molecule has 1 aliphatic carbocycles. The van der Waals surface area contributed by atoms with E-state index in [9.17, 15) is 9.90 Å². The summed E-state index contributed by atoms with van der Waals surface area (Å²) in [5.74, 6) is 0. The minimum absolute atomic E-state index is 0.149. The number of aromatic nitrogens is 1. The average molecular weight is 285 g/mol. The van der Waals surface area contributed by atoms with Crippen molar-refractivity contribution >= 4 is 22.6 Å². The lowest BCUT2D eigenvalue weighted by Gasteiger charge is -2.26. The van der Waals surface area contributed by atoms with Gasteiger partial charge in [-0.2, -0.15) is 0 Å². The summed E-state index contributed by atoms with van der Waals surface area (Å²) in [5, 5.41) is 16.3. The Balaban J connectivity index is 1.60. The molecule has 1 aromatic carbocycles. The number of anilines is 1. The van der Waals surface area contributed by atoms with Crippen molar-refractivity contribution in [2.75, 3.05) is 5.32 Å². The zero-order valence-electron chi connectivity index (χ0n) is 11.7. The van der Waals surface area contributed by atoms with E-state index in [-0.39, 0.29) is 18.2 Å². The zero-order valence-corrected chi connectivity index (χ0v) is 11.7. The molecule has 2 amide bonds. The van der Waals surface area contributed by atoms with Gasteiger partial charge in [0, 0.05) is 23.3 Å². The first-order valence-electron chi connectivity index (χ1n) is 7.31. The number of aliphatic hydroxyl groups excluding tert-OH is 1. The summed E-state index contributed by atoms with van der Waals surface area (Å²) in [6.07, 6.45) is 4.71. The van der Waals surface area contributed by atoms with Crippen molar-refractivity contribution in [3.63, 3.8) is 0 Å². The third-order valence-corrected chi connectivity index (χ3v) is 3.89. The molecule has 1 aromatic heterocycles. The smallest absolute Gasteiger partial charge is 0.319 e. The minimum atomic E-state index is -0.209. The number of benzene rings is 1. The van der Waals surface area contributed by atoms with Crippen LogP contribution in [0.1, 0.15) is 25.7 Å². The van der Waals surface area contributed by atoms with Gasteiger partial charge >= 0.3 is 6.03 Å². The first-order valence-corrected chi connectivity index (χ1v) is 7.31. The van der Waals surface area contributed by atoms with E-state index in [4.69, 9.17) is 0 Å². The highest BCUT2D eigenvalue weighted by Crippen LogP contribution is 2.19. The molecule has 1 heterocycles. The van der Waals surface area contributed by atoms with Gasteiger partial charge in [0.2, 0.25) is 0 Å². The number of urea groups is 1. The second kappa shape index (κ2) is 6.10. The maximum absolute atomic E-state index is 12.0. The van der Waals surface area contributed by atoms with E-state index in [0.29, 0.717) is 0 Å². The molecule has 1 saturated carbocycles. The van der Waals surface area contributed by atoms with Crippen LogP contribution < -0.4 is 10.6 Å². The first-order chi connectivity index (χ1) is 10.2. The molecule has 0 radical (unpaired) electrons. The molecule has 1 aliphatic rings. The Morgan fingerprint density at radius 3 is 2.81 bits per heavy atom. The molecule has 0 aliphatic heterocycles. The standard InChI is InChI=1S/C16H19N3O2/c20-14-6-3-12(4-7-14)18-16(21)19-13-5-8-15-11(10-13)2-1-9-17-15/h1-2,5,8-10,12,14,20H,3-4,6-7H2,(H2,18,19,21). The van der Waals surface area contributed by atoms with Crippen molar-refractivity contribution in [3.05, 3.63) is 36.5 Å². The maximum Gasteiger partial charge on any atom is 0.319 e. The predicted molar refractivity (Wildman–Crippen MR) is 82.2 cm³/mol. The summed E-state index contributed by atoms with van der Waals surface area (Å²) in [7, 11) is 0.